The van der Waals surface area contributed by atoms with Crippen LogP contribution >= 0.6 is 0 Å². The van der Waals surface area contributed by atoms with Gasteiger partial charge in [-0.15, -0.1) is 0 Å². The van der Waals surface area contributed by atoms with E-state index in [-0.39, 0.29) is 0 Å². The van der Waals surface area contributed by atoms with Crippen molar-refractivity contribution in [2.24, 2.45) is 11.8 Å². The molecule has 0 atom stereocenters. The number of hydrazine groups is 1. The molecule has 5 heteroatoms. The van der Waals surface area contributed by atoms with Crippen LogP contribution in [0.1, 0.15) is 19.5 Å². The average Bonchev–Trinajstić information content (AvgIpc) is 2.14. The van der Waals surface area contributed by atoms with E-state index in [1.165, 1.54) is 0 Å². The molecule has 0 saturated carbocycles. The van der Waals surface area contributed by atoms with Gasteiger partial charge in [-0.2, -0.15) is 4.98 Å². The number of aryl methyl sites for hydroxylation is 1. The monoisotopic (exact) mass is 196 g/mol. The van der Waals surface area contributed by atoms with Gasteiger partial charge in [0.15, 0.2) is 0 Å². The van der Waals surface area contributed by atoms with Gasteiger partial charge in [-0.05, 0) is 12.8 Å². The summed E-state index contributed by atoms with van der Waals surface area (Å²) < 4.78 is 5.44. The maximum Gasteiger partial charge on any atom is 0.240 e. The van der Waals surface area contributed by atoms with Crippen molar-refractivity contribution in [3.8, 4) is 5.88 Å². The number of aromatic nitrogens is 2. The Hall–Kier alpha value is -1.36. The van der Waals surface area contributed by atoms with Crippen LogP contribution in [0.4, 0.5) is 5.95 Å². The molecule has 0 aliphatic carbocycles. The number of hydrogen-bond donors (Lipinski definition) is 2. The lowest BCUT2D eigenvalue weighted by Crippen LogP contribution is -2.12. The molecular weight excluding hydrogens is 180 g/mol. The largest absolute Gasteiger partial charge is 0.477 e. The van der Waals surface area contributed by atoms with Gasteiger partial charge in [0.2, 0.25) is 11.8 Å². The molecule has 1 rings (SSSR count). The Bertz CT molecular complexity index is 301. The third kappa shape index (κ3) is 3.18. The molecule has 1 aromatic rings. The number of nitrogen functional groups attached to an aromatic ring is 1. The Kier molecular flexibility index (Phi) is 3.64. The number of nitrogens with one attached hydrogen (secondary N) is 1. The predicted molar refractivity (Wildman–Crippen MR) is 54.9 cm³/mol. The lowest BCUT2D eigenvalue weighted by molar-refractivity contribution is 0.261. The number of rotatable bonds is 4. The number of nitrogens with two attached hydrogens (primary N) is 1. The summed E-state index contributed by atoms with van der Waals surface area (Å²) in [5, 5.41) is 0. The summed E-state index contributed by atoms with van der Waals surface area (Å²) in [5.41, 5.74) is 3.22. The summed E-state index contributed by atoms with van der Waals surface area (Å²) in [4.78, 5) is 8.11. The lowest BCUT2D eigenvalue weighted by Gasteiger charge is -2.09. The summed E-state index contributed by atoms with van der Waals surface area (Å²) in [6.45, 7) is 6.66. The molecule has 1 heterocycles. The first kappa shape index (κ1) is 10.7. The van der Waals surface area contributed by atoms with E-state index < -0.39 is 0 Å². The van der Waals surface area contributed by atoms with E-state index in [9.17, 15) is 0 Å². The van der Waals surface area contributed by atoms with Crippen LogP contribution < -0.4 is 16.0 Å². The van der Waals surface area contributed by atoms with Crippen molar-refractivity contribution < 1.29 is 4.74 Å². The van der Waals surface area contributed by atoms with Crippen LogP contribution in [0.3, 0.4) is 0 Å². The summed E-state index contributed by atoms with van der Waals surface area (Å²) in [7, 11) is 0. The first-order chi connectivity index (χ1) is 6.61. The maximum atomic E-state index is 5.44. The number of ether oxygens (including phenoxy) is 1. The van der Waals surface area contributed by atoms with E-state index >= 15 is 0 Å². The van der Waals surface area contributed by atoms with Crippen LogP contribution in [0, 0.1) is 12.8 Å². The third-order valence-electron chi connectivity index (χ3n) is 1.52. The Morgan fingerprint density at radius 3 is 2.79 bits per heavy atom. The summed E-state index contributed by atoms with van der Waals surface area (Å²) in [5.74, 6) is 6.62. The predicted octanol–water partition coefficient (Wildman–Crippen LogP) is 1.11. The van der Waals surface area contributed by atoms with E-state index in [0.717, 1.165) is 5.69 Å². The second-order valence-electron chi connectivity index (χ2n) is 3.52. The zero-order valence-electron chi connectivity index (χ0n) is 8.74. The van der Waals surface area contributed by atoms with Crippen molar-refractivity contribution >= 4 is 5.95 Å². The van der Waals surface area contributed by atoms with Crippen molar-refractivity contribution in [2.45, 2.75) is 20.8 Å². The Morgan fingerprint density at radius 2 is 2.21 bits per heavy atom. The molecule has 0 saturated heterocycles. The standard InChI is InChI=1S/C9H16N4O/c1-6(2)5-14-8-4-7(3)11-9(12-8)13-10/h4,6H,5,10H2,1-3H3,(H,11,12,13). The van der Waals surface area contributed by atoms with E-state index in [1.54, 1.807) is 6.07 Å². The zero-order chi connectivity index (χ0) is 10.6. The van der Waals surface area contributed by atoms with Crippen LogP contribution in [0.2, 0.25) is 0 Å². The van der Waals surface area contributed by atoms with Gasteiger partial charge in [0.05, 0.1) is 6.61 Å². The minimum Gasteiger partial charge on any atom is -0.477 e. The maximum absolute atomic E-state index is 5.44. The van der Waals surface area contributed by atoms with E-state index in [4.69, 9.17) is 10.6 Å². The Morgan fingerprint density at radius 1 is 1.50 bits per heavy atom. The van der Waals surface area contributed by atoms with Crippen LogP contribution in [0.5, 0.6) is 5.88 Å². The first-order valence-corrected chi connectivity index (χ1v) is 4.57. The molecule has 78 valence electrons. The highest BCUT2D eigenvalue weighted by Gasteiger charge is 2.02. The SMILES string of the molecule is Cc1cc(OCC(C)C)nc(NN)n1. The van der Waals surface area contributed by atoms with Gasteiger partial charge in [0.25, 0.3) is 0 Å². The normalized spacial score (nSPS) is 10.4. The number of hydrogen-bond acceptors (Lipinski definition) is 5. The minimum absolute atomic E-state index is 0.378. The fourth-order valence-electron chi connectivity index (χ4n) is 0.930. The van der Waals surface area contributed by atoms with E-state index in [1.807, 2.05) is 6.92 Å². The summed E-state index contributed by atoms with van der Waals surface area (Å²) in [6, 6.07) is 1.78. The van der Waals surface area contributed by atoms with E-state index in [0.29, 0.717) is 24.4 Å². The highest BCUT2D eigenvalue weighted by atomic mass is 16.5. The van der Waals surface area contributed by atoms with Gasteiger partial charge >= 0.3 is 0 Å². The topological polar surface area (TPSA) is 73.1 Å². The highest BCUT2D eigenvalue weighted by molar-refractivity contribution is 5.28. The Labute approximate surface area is 83.7 Å². The summed E-state index contributed by atoms with van der Waals surface area (Å²) in [6.07, 6.45) is 0. The summed E-state index contributed by atoms with van der Waals surface area (Å²) >= 11 is 0. The molecule has 0 spiro atoms. The van der Waals surface area contributed by atoms with Crippen molar-refractivity contribution in [1.29, 1.82) is 0 Å². The van der Waals surface area contributed by atoms with E-state index in [2.05, 4.69) is 29.2 Å². The molecule has 0 aromatic carbocycles. The first-order valence-electron chi connectivity index (χ1n) is 4.57. The fourth-order valence-corrected chi connectivity index (χ4v) is 0.930. The number of anilines is 1. The zero-order valence-corrected chi connectivity index (χ0v) is 8.74. The molecule has 0 radical (unpaired) electrons. The molecular formula is C9H16N4O. The molecule has 0 aliphatic rings. The van der Waals surface area contributed by atoms with Crippen molar-refractivity contribution in [3.63, 3.8) is 0 Å². The van der Waals surface area contributed by atoms with Gasteiger partial charge in [-0.1, -0.05) is 13.8 Å². The van der Waals surface area contributed by atoms with Crippen LogP contribution in [0.25, 0.3) is 0 Å². The lowest BCUT2D eigenvalue weighted by atomic mass is 10.2. The highest BCUT2D eigenvalue weighted by Crippen LogP contribution is 2.11. The Balaban J connectivity index is 2.71. The van der Waals surface area contributed by atoms with Crippen LogP contribution in [-0.2, 0) is 0 Å². The molecule has 3 N–H and O–H groups in total. The smallest absolute Gasteiger partial charge is 0.240 e. The van der Waals surface area contributed by atoms with Gasteiger partial charge in [0.1, 0.15) is 0 Å². The van der Waals surface area contributed by atoms with Gasteiger partial charge < -0.3 is 4.74 Å². The molecule has 5 nitrogen and oxygen atoms in total. The molecule has 1 aromatic heterocycles. The quantitative estimate of drug-likeness (QED) is 0.557. The van der Waals surface area contributed by atoms with Crippen molar-refractivity contribution in [3.05, 3.63) is 11.8 Å². The third-order valence-corrected chi connectivity index (χ3v) is 1.52. The molecule has 0 unspecified atom stereocenters. The van der Waals surface area contributed by atoms with Crippen molar-refractivity contribution in [2.75, 3.05) is 12.0 Å². The molecule has 0 amide bonds. The van der Waals surface area contributed by atoms with Crippen LogP contribution in [0.15, 0.2) is 6.07 Å². The van der Waals surface area contributed by atoms with Gasteiger partial charge in [-0.25, -0.2) is 10.8 Å². The number of nitrogens with zero attached hydrogens (tertiary/aromatic N) is 2. The average molecular weight is 196 g/mol. The molecule has 0 fully saturated rings. The minimum atomic E-state index is 0.378. The second kappa shape index (κ2) is 4.76. The molecule has 0 bridgehead atoms. The fraction of sp³-hybridized carbons (Fsp3) is 0.556. The molecule has 0 aliphatic heterocycles. The molecule has 14 heavy (non-hydrogen) atoms. The second-order valence-corrected chi connectivity index (χ2v) is 3.52. The van der Waals surface area contributed by atoms with Crippen molar-refractivity contribution in [1.82, 2.24) is 9.97 Å². The van der Waals surface area contributed by atoms with Gasteiger partial charge in [0, 0.05) is 11.8 Å². The van der Waals surface area contributed by atoms with Crippen LogP contribution in [-0.4, -0.2) is 16.6 Å². The van der Waals surface area contributed by atoms with Gasteiger partial charge in [-0.3, -0.25) is 5.43 Å².